The lowest BCUT2D eigenvalue weighted by Crippen LogP contribution is -2.27. The van der Waals surface area contributed by atoms with Crippen LogP contribution in [0.1, 0.15) is 23.2 Å². The Morgan fingerprint density at radius 2 is 2.05 bits per heavy atom. The van der Waals surface area contributed by atoms with Gasteiger partial charge in [-0.05, 0) is 18.2 Å². The molecule has 7 nitrogen and oxygen atoms in total. The molecule has 0 atom stereocenters. The number of carboxylic acid groups (broad SMARTS) is 2. The highest BCUT2D eigenvalue weighted by Gasteiger charge is 2.21. The van der Waals surface area contributed by atoms with Gasteiger partial charge in [-0.2, -0.15) is 0 Å². The average Bonchev–Trinajstić information content (AvgIpc) is 2.54. The standard InChI is InChI=1S/C13H14N2O5/c16-11-3-5-15(6-4-12(17)18)10-7-8(13(19)20)1-2-9(10)14-11/h1-2,7H,3-6H2,(H,14,16)(H,17,18)(H,19,20). The zero-order valence-corrected chi connectivity index (χ0v) is 10.6. The van der Waals surface area contributed by atoms with Crippen LogP contribution in [0.5, 0.6) is 0 Å². The van der Waals surface area contributed by atoms with Crippen molar-refractivity contribution in [1.29, 1.82) is 0 Å². The molecule has 0 fully saturated rings. The summed E-state index contributed by atoms with van der Waals surface area (Å²) >= 11 is 0. The van der Waals surface area contributed by atoms with Crippen LogP contribution < -0.4 is 10.2 Å². The van der Waals surface area contributed by atoms with Gasteiger partial charge in [-0.3, -0.25) is 9.59 Å². The second-order valence-corrected chi connectivity index (χ2v) is 4.47. The zero-order chi connectivity index (χ0) is 14.7. The van der Waals surface area contributed by atoms with Crippen molar-refractivity contribution in [3.05, 3.63) is 23.8 Å². The summed E-state index contributed by atoms with van der Waals surface area (Å²) in [7, 11) is 0. The molecule has 3 N–H and O–H groups in total. The minimum atomic E-state index is -1.07. The van der Waals surface area contributed by atoms with Crippen molar-refractivity contribution < 1.29 is 24.6 Å². The molecule has 1 aromatic rings. The molecule has 1 aromatic carbocycles. The summed E-state index contributed by atoms with van der Waals surface area (Å²) < 4.78 is 0. The van der Waals surface area contributed by atoms with E-state index in [1.807, 2.05) is 0 Å². The molecule has 1 amide bonds. The number of aliphatic carboxylic acids is 1. The Labute approximate surface area is 114 Å². The first-order chi connectivity index (χ1) is 9.47. The molecule has 0 radical (unpaired) electrons. The van der Waals surface area contributed by atoms with Crippen LogP contribution in [0.4, 0.5) is 11.4 Å². The number of carbonyl (C=O) groups is 3. The number of carboxylic acids is 2. The van der Waals surface area contributed by atoms with Gasteiger partial charge in [0.25, 0.3) is 0 Å². The van der Waals surface area contributed by atoms with Crippen molar-refractivity contribution in [2.24, 2.45) is 0 Å². The number of benzene rings is 1. The lowest BCUT2D eigenvalue weighted by Gasteiger charge is -2.23. The molecular weight excluding hydrogens is 264 g/mol. The number of hydrogen-bond donors (Lipinski definition) is 3. The molecule has 0 aliphatic carbocycles. The third-order valence-corrected chi connectivity index (χ3v) is 3.06. The highest BCUT2D eigenvalue weighted by atomic mass is 16.4. The molecule has 0 saturated carbocycles. The first-order valence-electron chi connectivity index (χ1n) is 6.11. The molecule has 1 aliphatic rings. The number of nitrogens with zero attached hydrogens (tertiary/aromatic N) is 1. The number of fused-ring (bicyclic) bond motifs is 1. The van der Waals surface area contributed by atoms with E-state index in [1.165, 1.54) is 18.2 Å². The highest BCUT2D eigenvalue weighted by molar-refractivity contribution is 5.98. The van der Waals surface area contributed by atoms with Crippen molar-refractivity contribution in [2.75, 3.05) is 23.3 Å². The van der Waals surface area contributed by atoms with Gasteiger partial charge in [0, 0.05) is 19.5 Å². The van der Waals surface area contributed by atoms with Gasteiger partial charge >= 0.3 is 11.9 Å². The molecule has 0 unspecified atom stereocenters. The average molecular weight is 278 g/mol. The lowest BCUT2D eigenvalue weighted by atomic mass is 10.1. The van der Waals surface area contributed by atoms with E-state index in [1.54, 1.807) is 4.90 Å². The van der Waals surface area contributed by atoms with Crippen LogP contribution in [0.3, 0.4) is 0 Å². The third-order valence-electron chi connectivity index (χ3n) is 3.06. The maximum absolute atomic E-state index is 11.6. The molecule has 1 heterocycles. The van der Waals surface area contributed by atoms with Gasteiger partial charge in [0.15, 0.2) is 0 Å². The van der Waals surface area contributed by atoms with Gasteiger partial charge in [-0.15, -0.1) is 0 Å². The second kappa shape index (κ2) is 5.60. The fourth-order valence-corrected chi connectivity index (χ4v) is 2.06. The van der Waals surface area contributed by atoms with E-state index < -0.39 is 11.9 Å². The SMILES string of the molecule is O=C(O)CCN1CCC(=O)Nc2ccc(C(=O)O)cc21. The Hall–Kier alpha value is -2.57. The van der Waals surface area contributed by atoms with Crippen LogP contribution in [0.15, 0.2) is 18.2 Å². The Morgan fingerprint density at radius 1 is 1.30 bits per heavy atom. The van der Waals surface area contributed by atoms with E-state index in [-0.39, 0.29) is 30.9 Å². The van der Waals surface area contributed by atoms with Gasteiger partial charge in [-0.25, -0.2) is 4.79 Å². The van der Waals surface area contributed by atoms with Gasteiger partial charge in [0.2, 0.25) is 5.91 Å². The summed E-state index contributed by atoms with van der Waals surface area (Å²) in [5.41, 5.74) is 1.14. The van der Waals surface area contributed by atoms with Crippen LogP contribution in [0.25, 0.3) is 0 Å². The Kier molecular flexibility index (Phi) is 3.88. The fraction of sp³-hybridized carbons (Fsp3) is 0.308. The van der Waals surface area contributed by atoms with Crippen molar-refractivity contribution in [3.63, 3.8) is 0 Å². The number of anilines is 2. The van der Waals surface area contributed by atoms with Crippen molar-refractivity contribution in [3.8, 4) is 0 Å². The number of carbonyl (C=O) groups excluding carboxylic acids is 1. The molecule has 20 heavy (non-hydrogen) atoms. The molecule has 7 heteroatoms. The van der Waals surface area contributed by atoms with Gasteiger partial charge < -0.3 is 20.4 Å². The van der Waals surface area contributed by atoms with Gasteiger partial charge in [0.05, 0.1) is 23.4 Å². The molecule has 106 valence electrons. The van der Waals surface area contributed by atoms with Crippen molar-refractivity contribution >= 4 is 29.2 Å². The number of hydrogen-bond acceptors (Lipinski definition) is 4. The normalized spacial score (nSPS) is 14.2. The van der Waals surface area contributed by atoms with E-state index in [0.29, 0.717) is 17.9 Å². The monoisotopic (exact) mass is 278 g/mol. The van der Waals surface area contributed by atoms with Crippen LogP contribution in [-0.4, -0.2) is 41.1 Å². The first-order valence-corrected chi connectivity index (χ1v) is 6.11. The first kappa shape index (κ1) is 13.9. The van der Waals surface area contributed by atoms with Crippen molar-refractivity contribution in [2.45, 2.75) is 12.8 Å². The predicted molar refractivity (Wildman–Crippen MR) is 71.1 cm³/mol. The quantitative estimate of drug-likeness (QED) is 0.758. The molecule has 0 spiro atoms. The zero-order valence-electron chi connectivity index (χ0n) is 10.6. The van der Waals surface area contributed by atoms with Crippen LogP contribution in [0.2, 0.25) is 0 Å². The topological polar surface area (TPSA) is 107 Å². The second-order valence-electron chi connectivity index (χ2n) is 4.47. The summed E-state index contributed by atoms with van der Waals surface area (Å²) in [4.78, 5) is 35.0. The molecular formula is C13H14N2O5. The van der Waals surface area contributed by atoms with E-state index in [9.17, 15) is 14.4 Å². The predicted octanol–water partition coefficient (Wildman–Crippen LogP) is 1.01. The Morgan fingerprint density at radius 3 is 2.70 bits per heavy atom. The van der Waals surface area contributed by atoms with E-state index in [0.717, 1.165) is 0 Å². The molecule has 0 bridgehead atoms. The largest absolute Gasteiger partial charge is 0.481 e. The fourth-order valence-electron chi connectivity index (χ4n) is 2.06. The van der Waals surface area contributed by atoms with E-state index in [2.05, 4.69) is 5.32 Å². The number of aromatic carboxylic acids is 1. The lowest BCUT2D eigenvalue weighted by molar-refractivity contribution is -0.136. The van der Waals surface area contributed by atoms with Crippen molar-refractivity contribution in [1.82, 2.24) is 0 Å². The van der Waals surface area contributed by atoms with E-state index >= 15 is 0 Å². The molecule has 1 aliphatic heterocycles. The van der Waals surface area contributed by atoms with Gasteiger partial charge in [-0.1, -0.05) is 0 Å². The highest BCUT2D eigenvalue weighted by Crippen LogP contribution is 2.30. The number of nitrogens with one attached hydrogen (secondary N) is 1. The third kappa shape index (κ3) is 3.05. The maximum Gasteiger partial charge on any atom is 0.335 e. The van der Waals surface area contributed by atoms with Crippen LogP contribution >= 0.6 is 0 Å². The summed E-state index contributed by atoms with van der Waals surface area (Å²) in [5, 5.41) is 20.5. The van der Waals surface area contributed by atoms with E-state index in [4.69, 9.17) is 10.2 Å². The Balaban J connectivity index is 2.36. The number of amides is 1. The van der Waals surface area contributed by atoms with Crippen LogP contribution in [-0.2, 0) is 9.59 Å². The smallest absolute Gasteiger partial charge is 0.335 e. The minimum absolute atomic E-state index is 0.0784. The number of rotatable bonds is 4. The summed E-state index contributed by atoms with van der Waals surface area (Å²) in [6, 6.07) is 4.38. The molecule has 0 aromatic heterocycles. The molecule has 0 saturated heterocycles. The summed E-state index contributed by atoms with van der Waals surface area (Å²) in [6.45, 7) is 0.579. The minimum Gasteiger partial charge on any atom is -0.481 e. The Bertz CT molecular complexity index is 570. The van der Waals surface area contributed by atoms with Crippen LogP contribution in [0, 0.1) is 0 Å². The van der Waals surface area contributed by atoms with Gasteiger partial charge in [0.1, 0.15) is 0 Å². The summed E-state index contributed by atoms with van der Waals surface area (Å²) in [5.74, 6) is -2.18. The summed E-state index contributed by atoms with van der Waals surface area (Å²) in [6.07, 6.45) is 0.154. The maximum atomic E-state index is 11.6. The molecule has 2 rings (SSSR count).